The summed E-state index contributed by atoms with van der Waals surface area (Å²) in [5.74, 6) is 1.24. The summed E-state index contributed by atoms with van der Waals surface area (Å²) >= 11 is 0. The van der Waals surface area contributed by atoms with Gasteiger partial charge < -0.3 is 15.2 Å². The summed E-state index contributed by atoms with van der Waals surface area (Å²) in [4.78, 5) is 31.3. The fraction of sp³-hybridized carbons (Fsp3) is 0.306. The Balaban J connectivity index is 1.03. The fourth-order valence-corrected chi connectivity index (χ4v) is 5.76. The number of nitrogens with one attached hydrogen (secondary N) is 3. The summed E-state index contributed by atoms with van der Waals surface area (Å²) in [6, 6.07) is 25.6. The molecule has 6 rings (SSSR count). The lowest BCUT2D eigenvalue weighted by Gasteiger charge is -2.32. The third-order valence-corrected chi connectivity index (χ3v) is 8.44. The molecular formula is C36H40N6O2. The molecule has 0 atom stereocenters. The number of nitrogens with zero attached hydrogens (tertiary/aromatic N) is 3. The summed E-state index contributed by atoms with van der Waals surface area (Å²) in [6.45, 7) is 9.89. The lowest BCUT2D eigenvalue weighted by atomic mass is 9.90. The van der Waals surface area contributed by atoms with Crippen LogP contribution in [0.4, 0.5) is 16.3 Å². The number of carbonyl (C=O) groups excluding carboxylic acids is 2. The highest BCUT2D eigenvalue weighted by atomic mass is 16.2. The number of rotatable bonds is 6. The average molecular weight is 589 g/mol. The molecule has 1 saturated heterocycles. The molecule has 8 nitrogen and oxygen atoms in total. The van der Waals surface area contributed by atoms with Crippen molar-refractivity contribution in [3.63, 3.8) is 0 Å². The first-order valence-electron chi connectivity index (χ1n) is 15.3. The van der Waals surface area contributed by atoms with Crippen molar-refractivity contribution < 1.29 is 9.59 Å². The van der Waals surface area contributed by atoms with Gasteiger partial charge in [0.05, 0.1) is 11.4 Å². The monoisotopic (exact) mass is 588 g/mol. The molecular weight excluding hydrogens is 548 g/mol. The Hall–Kier alpha value is -4.85. The zero-order valence-electron chi connectivity index (χ0n) is 25.9. The molecule has 0 radical (unpaired) electrons. The van der Waals surface area contributed by atoms with Crippen LogP contribution in [0, 0.1) is 12.8 Å². The molecule has 0 unspecified atom stereocenters. The molecule has 2 aromatic heterocycles. The summed E-state index contributed by atoms with van der Waals surface area (Å²) in [5.41, 5.74) is 6.46. The van der Waals surface area contributed by atoms with Crippen molar-refractivity contribution in [2.75, 3.05) is 23.7 Å². The molecule has 226 valence electrons. The molecule has 5 aromatic rings. The SMILES string of the molecule is Cc1ccc(-n2nc(C(C)(C)C)cc2NC(=O)Nc2ccc(CC3CCN(C(=O)c4ccc5cc[nH]c5c4)CC3)cc2)cc1. The molecule has 44 heavy (non-hydrogen) atoms. The molecule has 3 heterocycles. The highest BCUT2D eigenvalue weighted by Gasteiger charge is 2.25. The first-order valence-corrected chi connectivity index (χ1v) is 15.3. The van der Waals surface area contributed by atoms with E-state index in [2.05, 4.69) is 48.5 Å². The minimum absolute atomic E-state index is 0.102. The highest BCUT2D eigenvalue weighted by Crippen LogP contribution is 2.27. The Morgan fingerprint density at radius 2 is 1.64 bits per heavy atom. The number of aromatic nitrogens is 3. The summed E-state index contributed by atoms with van der Waals surface area (Å²) in [6.07, 6.45) is 4.80. The van der Waals surface area contributed by atoms with Gasteiger partial charge >= 0.3 is 6.03 Å². The minimum atomic E-state index is -0.320. The Kier molecular flexibility index (Phi) is 7.99. The lowest BCUT2D eigenvalue weighted by Crippen LogP contribution is -2.38. The Bertz CT molecular complexity index is 1770. The van der Waals surface area contributed by atoms with Crippen LogP contribution in [0.5, 0.6) is 0 Å². The normalized spacial score (nSPS) is 14.1. The second-order valence-corrected chi connectivity index (χ2v) is 12.9. The van der Waals surface area contributed by atoms with Gasteiger partial charge in [-0.1, -0.05) is 56.7 Å². The van der Waals surface area contributed by atoms with Crippen molar-refractivity contribution in [1.82, 2.24) is 19.7 Å². The van der Waals surface area contributed by atoms with Crippen LogP contribution in [-0.4, -0.2) is 44.7 Å². The number of piperidine rings is 1. The van der Waals surface area contributed by atoms with E-state index in [1.54, 1.807) is 4.68 Å². The van der Waals surface area contributed by atoms with Crippen LogP contribution < -0.4 is 10.6 Å². The third kappa shape index (κ3) is 6.54. The number of aromatic amines is 1. The van der Waals surface area contributed by atoms with Gasteiger partial charge in [-0.15, -0.1) is 0 Å². The van der Waals surface area contributed by atoms with Crippen LogP contribution in [0.25, 0.3) is 16.6 Å². The van der Waals surface area contributed by atoms with Gasteiger partial charge in [0.25, 0.3) is 5.91 Å². The Labute approximate surface area is 258 Å². The number of urea groups is 1. The number of benzene rings is 3. The van der Waals surface area contributed by atoms with Gasteiger partial charge in [0, 0.05) is 47.5 Å². The Morgan fingerprint density at radius 3 is 2.34 bits per heavy atom. The molecule has 8 heteroatoms. The van der Waals surface area contributed by atoms with E-state index < -0.39 is 0 Å². The number of H-pyrrole nitrogens is 1. The van der Waals surface area contributed by atoms with Crippen molar-refractivity contribution in [3.05, 3.63) is 107 Å². The van der Waals surface area contributed by atoms with Crippen LogP contribution in [0.15, 0.2) is 85.1 Å². The number of carbonyl (C=O) groups is 2. The minimum Gasteiger partial charge on any atom is -0.361 e. The maximum absolute atomic E-state index is 13.1. The molecule has 0 spiro atoms. The summed E-state index contributed by atoms with van der Waals surface area (Å²) in [7, 11) is 0. The van der Waals surface area contributed by atoms with Crippen molar-refractivity contribution >= 4 is 34.3 Å². The first-order chi connectivity index (χ1) is 21.1. The quantitative estimate of drug-likeness (QED) is 0.190. The second-order valence-electron chi connectivity index (χ2n) is 12.9. The number of hydrogen-bond donors (Lipinski definition) is 3. The smallest absolute Gasteiger partial charge is 0.324 e. The van der Waals surface area contributed by atoms with E-state index >= 15 is 0 Å². The fourth-order valence-electron chi connectivity index (χ4n) is 5.76. The standard InChI is InChI=1S/C36H40N6O2/c1-24-5-13-30(14-6-24)42-33(23-32(40-42)36(2,3)4)39-35(44)38-29-11-7-25(8-12-29)21-26-16-19-41(20-17-26)34(43)28-10-9-27-15-18-37-31(27)22-28/h5-15,18,22-23,26,37H,16-17,19-21H2,1-4H3,(H2,38,39,44). The van der Waals surface area contributed by atoms with Crippen LogP contribution >= 0.6 is 0 Å². The van der Waals surface area contributed by atoms with Gasteiger partial charge in [-0.3, -0.25) is 10.1 Å². The Morgan fingerprint density at radius 1 is 0.909 bits per heavy atom. The molecule has 1 aliphatic heterocycles. The zero-order chi connectivity index (χ0) is 30.8. The molecule has 3 N–H and O–H groups in total. The van der Waals surface area contributed by atoms with Gasteiger partial charge in [0.2, 0.25) is 0 Å². The predicted molar refractivity (Wildman–Crippen MR) is 177 cm³/mol. The number of aryl methyl sites for hydroxylation is 1. The zero-order valence-corrected chi connectivity index (χ0v) is 25.9. The maximum Gasteiger partial charge on any atom is 0.324 e. The molecule has 0 saturated carbocycles. The number of likely N-dealkylation sites (tertiary alicyclic amines) is 1. The van der Waals surface area contributed by atoms with E-state index in [0.717, 1.165) is 71.5 Å². The van der Waals surface area contributed by atoms with E-state index in [1.165, 1.54) is 5.56 Å². The number of fused-ring (bicyclic) bond motifs is 1. The van der Waals surface area contributed by atoms with Crippen molar-refractivity contribution in [2.24, 2.45) is 5.92 Å². The van der Waals surface area contributed by atoms with Crippen LogP contribution in [-0.2, 0) is 11.8 Å². The molecule has 1 fully saturated rings. The molecule has 0 aliphatic carbocycles. The highest BCUT2D eigenvalue weighted by molar-refractivity contribution is 5.99. The van der Waals surface area contributed by atoms with E-state index in [4.69, 9.17) is 5.10 Å². The molecule has 3 amide bonds. The second kappa shape index (κ2) is 12.0. The van der Waals surface area contributed by atoms with Crippen molar-refractivity contribution in [1.29, 1.82) is 0 Å². The van der Waals surface area contributed by atoms with Crippen molar-refractivity contribution in [2.45, 2.75) is 52.4 Å². The third-order valence-electron chi connectivity index (χ3n) is 8.44. The topological polar surface area (TPSA) is 95.1 Å². The maximum atomic E-state index is 13.1. The van der Waals surface area contributed by atoms with Gasteiger partial charge in [-0.25, -0.2) is 9.48 Å². The predicted octanol–water partition coefficient (Wildman–Crippen LogP) is 7.70. The number of amides is 3. The van der Waals surface area contributed by atoms with E-state index in [-0.39, 0.29) is 17.4 Å². The van der Waals surface area contributed by atoms with Crippen LogP contribution in [0.1, 0.15) is 60.8 Å². The van der Waals surface area contributed by atoms with Gasteiger partial charge in [0.15, 0.2) is 0 Å². The van der Waals surface area contributed by atoms with Crippen LogP contribution in [0.2, 0.25) is 0 Å². The van der Waals surface area contributed by atoms with Crippen LogP contribution in [0.3, 0.4) is 0 Å². The molecule has 1 aliphatic rings. The van der Waals surface area contributed by atoms with E-state index in [9.17, 15) is 9.59 Å². The lowest BCUT2D eigenvalue weighted by molar-refractivity contribution is 0.0690. The van der Waals surface area contributed by atoms with Crippen molar-refractivity contribution in [3.8, 4) is 5.69 Å². The number of anilines is 2. The summed E-state index contributed by atoms with van der Waals surface area (Å²) in [5, 5.41) is 11.9. The largest absolute Gasteiger partial charge is 0.361 e. The molecule has 3 aromatic carbocycles. The van der Waals surface area contributed by atoms with Gasteiger partial charge in [0.1, 0.15) is 5.82 Å². The molecule has 0 bridgehead atoms. The summed E-state index contributed by atoms with van der Waals surface area (Å²) < 4.78 is 1.78. The number of hydrogen-bond acceptors (Lipinski definition) is 3. The average Bonchev–Trinajstić information content (AvgIpc) is 3.66. The first kappa shape index (κ1) is 29.2. The van der Waals surface area contributed by atoms with Gasteiger partial charge in [-0.2, -0.15) is 5.10 Å². The van der Waals surface area contributed by atoms with E-state index in [1.807, 2.05) is 84.8 Å². The van der Waals surface area contributed by atoms with Gasteiger partial charge in [-0.05, 0) is 85.5 Å². The van der Waals surface area contributed by atoms with E-state index in [0.29, 0.717) is 11.7 Å².